The maximum Gasteiger partial charge on any atom is 0.355 e. The molecule has 26 heavy (non-hydrogen) atoms. The van der Waals surface area contributed by atoms with Crippen LogP contribution in [0.5, 0.6) is 0 Å². The van der Waals surface area contributed by atoms with Gasteiger partial charge in [0.05, 0.1) is 0 Å². The van der Waals surface area contributed by atoms with E-state index in [0.717, 1.165) is 0 Å². The zero-order chi connectivity index (χ0) is 18.7. The minimum absolute atomic E-state index is 0.139. The van der Waals surface area contributed by atoms with Gasteiger partial charge < -0.3 is 4.74 Å². The maximum atomic E-state index is 12.5. The van der Waals surface area contributed by atoms with E-state index in [0.29, 0.717) is 16.8 Å². The fourth-order valence-electron chi connectivity index (χ4n) is 3.25. The van der Waals surface area contributed by atoms with Gasteiger partial charge in [0, 0.05) is 16.4 Å². The molecular weight excluding hydrogens is 332 g/mol. The molecule has 0 amide bonds. The van der Waals surface area contributed by atoms with Gasteiger partial charge in [-0.25, -0.2) is 9.79 Å². The van der Waals surface area contributed by atoms with Crippen molar-refractivity contribution in [3.63, 3.8) is 0 Å². The number of ether oxygens (including phenoxy) is 1. The van der Waals surface area contributed by atoms with Gasteiger partial charge in [0.15, 0.2) is 0 Å². The fraction of sp³-hybridized carbons (Fsp3) is 0.300. The second-order valence-electron chi connectivity index (χ2n) is 6.58. The van der Waals surface area contributed by atoms with E-state index in [-0.39, 0.29) is 10.8 Å². The molecule has 0 fully saturated rings. The van der Waals surface area contributed by atoms with Crippen LogP contribution in [0.3, 0.4) is 0 Å². The van der Waals surface area contributed by atoms with Gasteiger partial charge in [-0.05, 0) is 5.56 Å². The van der Waals surface area contributed by atoms with Crippen LogP contribution < -0.4 is 0 Å². The van der Waals surface area contributed by atoms with E-state index in [1.807, 2.05) is 50.2 Å². The third-order valence-electron chi connectivity index (χ3n) is 4.48. The number of cyclic esters (lactones) is 1. The van der Waals surface area contributed by atoms with Crippen LogP contribution in [-0.2, 0) is 15.3 Å². The molecule has 0 aromatic heterocycles. The van der Waals surface area contributed by atoms with Crippen LogP contribution >= 0.6 is 0 Å². The Morgan fingerprint density at radius 2 is 1.65 bits per heavy atom. The number of aliphatic imine (C=N–C) groups is 1. The molecule has 0 N–H and O–H groups in total. The van der Waals surface area contributed by atoms with Crippen molar-refractivity contribution in [2.75, 3.05) is 6.54 Å². The van der Waals surface area contributed by atoms with Crippen molar-refractivity contribution in [3.8, 4) is 0 Å². The number of carbonyl (C=O) groups excluding carboxylic acids is 1. The van der Waals surface area contributed by atoms with Gasteiger partial charge in [-0.15, -0.1) is 0 Å². The number of nitro groups is 1. The third-order valence-corrected chi connectivity index (χ3v) is 4.48. The molecule has 2 aromatic carbocycles. The van der Waals surface area contributed by atoms with Gasteiger partial charge in [-0.1, -0.05) is 74.5 Å². The summed E-state index contributed by atoms with van der Waals surface area (Å²) in [5, 5.41) is 11.4. The van der Waals surface area contributed by atoms with Crippen molar-refractivity contribution in [3.05, 3.63) is 81.9 Å². The molecule has 0 spiro atoms. The molecule has 2 unspecified atom stereocenters. The Kier molecular flexibility index (Phi) is 4.84. The quantitative estimate of drug-likeness (QED) is 0.452. The second kappa shape index (κ2) is 7.07. The first-order chi connectivity index (χ1) is 12.4. The molecule has 0 radical (unpaired) electrons. The first-order valence-electron chi connectivity index (χ1n) is 8.49. The molecule has 0 saturated carbocycles. The number of esters is 1. The van der Waals surface area contributed by atoms with Crippen molar-refractivity contribution in [2.45, 2.75) is 25.5 Å². The summed E-state index contributed by atoms with van der Waals surface area (Å²) in [6.07, 6.45) is 0. The zero-order valence-corrected chi connectivity index (χ0v) is 14.7. The van der Waals surface area contributed by atoms with Crippen LogP contribution in [0.15, 0.2) is 65.7 Å². The second-order valence-corrected chi connectivity index (χ2v) is 6.58. The number of nitrogens with zero attached hydrogens (tertiary/aromatic N) is 2. The predicted octanol–water partition coefficient (Wildman–Crippen LogP) is 3.55. The highest BCUT2D eigenvalue weighted by molar-refractivity contribution is 6.38. The Balaban J connectivity index is 2.22. The van der Waals surface area contributed by atoms with Crippen molar-refractivity contribution >= 4 is 11.7 Å². The minimum Gasteiger partial charge on any atom is -0.427 e. The Morgan fingerprint density at radius 3 is 2.15 bits per heavy atom. The van der Waals surface area contributed by atoms with Crippen LogP contribution in [0.1, 0.15) is 30.9 Å². The van der Waals surface area contributed by atoms with Crippen molar-refractivity contribution in [1.82, 2.24) is 0 Å². The summed E-state index contributed by atoms with van der Waals surface area (Å²) >= 11 is 0. The number of hydrogen-bond acceptors (Lipinski definition) is 5. The Hall–Kier alpha value is -3.02. The van der Waals surface area contributed by atoms with Gasteiger partial charge >= 0.3 is 5.97 Å². The van der Waals surface area contributed by atoms with Crippen molar-refractivity contribution in [1.29, 1.82) is 0 Å². The van der Waals surface area contributed by atoms with Crippen molar-refractivity contribution in [2.24, 2.45) is 10.9 Å². The molecule has 6 nitrogen and oxygen atoms in total. The SMILES string of the molecule is CC(C)C1=NC(c2ccccc2)(C(C[N+](=O)[O-])c2ccccc2)OC1=O. The number of hydrogen-bond donors (Lipinski definition) is 0. The van der Waals surface area contributed by atoms with E-state index in [1.165, 1.54) is 0 Å². The van der Waals surface area contributed by atoms with Crippen LogP contribution in [0.25, 0.3) is 0 Å². The molecule has 2 atom stereocenters. The van der Waals surface area contributed by atoms with Gasteiger partial charge in [-0.3, -0.25) is 10.1 Å². The van der Waals surface area contributed by atoms with E-state index >= 15 is 0 Å². The van der Waals surface area contributed by atoms with E-state index < -0.39 is 24.2 Å². The number of rotatable bonds is 6. The summed E-state index contributed by atoms with van der Waals surface area (Å²) in [5.74, 6) is -1.39. The van der Waals surface area contributed by atoms with E-state index in [4.69, 9.17) is 4.74 Å². The third kappa shape index (κ3) is 3.22. The number of benzene rings is 2. The van der Waals surface area contributed by atoms with Gasteiger partial charge in [0.1, 0.15) is 11.6 Å². The summed E-state index contributed by atoms with van der Waals surface area (Å²) in [4.78, 5) is 28.2. The lowest BCUT2D eigenvalue weighted by Gasteiger charge is -2.32. The van der Waals surface area contributed by atoms with Crippen LogP contribution in [-0.4, -0.2) is 23.1 Å². The molecule has 1 heterocycles. The average molecular weight is 352 g/mol. The molecule has 0 bridgehead atoms. The van der Waals surface area contributed by atoms with E-state index in [1.54, 1.807) is 24.3 Å². The molecule has 0 aliphatic carbocycles. The standard InChI is InChI=1S/C20H20N2O4/c1-14(2)18-19(23)26-20(21-18,16-11-7-4-8-12-16)17(13-22(24)25)15-9-5-3-6-10-15/h3-12,14,17H,13H2,1-2H3. The Labute approximate surface area is 151 Å². The molecule has 1 aliphatic heterocycles. The molecule has 3 rings (SSSR count). The average Bonchev–Trinajstić information content (AvgIpc) is 3.00. The van der Waals surface area contributed by atoms with Crippen LogP contribution in [0, 0.1) is 16.0 Å². The first-order valence-corrected chi connectivity index (χ1v) is 8.49. The predicted molar refractivity (Wildman–Crippen MR) is 97.5 cm³/mol. The van der Waals surface area contributed by atoms with E-state index in [2.05, 4.69) is 4.99 Å². The normalized spacial score (nSPS) is 20.6. The lowest BCUT2D eigenvalue weighted by Crippen LogP contribution is -2.37. The highest BCUT2D eigenvalue weighted by Crippen LogP contribution is 2.45. The summed E-state index contributed by atoms with van der Waals surface area (Å²) in [7, 11) is 0. The largest absolute Gasteiger partial charge is 0.427 e. The van der Waals surface area contributed by atoms with Gasteiger partial charge in [0.25, 0.3) is 0 Å². The zero-order valence-electron chi connectivity index (χ0n) is 14.7. The molecule has 0 saturated heterocycles. The summed E-state index contributed by atoms with van der Waals surface area (Å²) in [6, 6.07) is 18.1. The maximum absolute atomic E-state index is 12.5. The highest BCUT2D eigenvalue weighted by Gasteiger charge is 2.52. The Morgan fingerprint density at radius 1 is 1.08 bits per heavy atom. The van der Waals surface area contributed by atoms with Crippen molar-refractivity contribution < 1.29 is 14.5 Å². The van der Waals surface area contributed by atoms with Crippen LogP contribution in [0.2, 0.25) is 0 Å². The fourth-order valence-corrected chi connectivity index (χ4v) is 3.25. The van der Waals surface area contributed by atoms with Crippen LogP contribution in [0.4, 0.5) is 0 Å². The monoisotopic (exact) mass is 352 g/mol. The highest BCUT2D eigenvalue weighted by atomic mass is 16.6. The summed E-state index contributed by atoms with van der Waals surface area (Å²) in [6.45, 7) is 3.31. The van der Waals surface area contributed by atoms with E-state index in [9.17, 15) is 14.9 Å². The molecule has 6 heteroatoms. The lowest BCUT2D eigenvalue weighted by molar-refractivity contribution is -0.487. The Bertz CT molecular complexity index is 833. The molecular formula is C20H20N2O4. The summed E-state index contributed by atoms with van der Waals surface area (Å²) in [5.41, 5.74) is 0.194. The first kappa shape index (κ1) is 17.8. The smallest absolute Gasteiger partial charge is 0.355 e. The lowest BCUT2D eigenvalue weighted by atomic mass is 9.83. The molecule has 134 valence electrons. The minimum atomic E-state index is -1.44. The molecule has 1 aliphatic rings. The number of carbonyl (C=O) groups is 1. The summed E-state index contributed by atoms with van der Waals surface area (Å²) < 4.78 is 5.78. The topological polar surface area (TPSA) is 81.8 Å². The molecule has 2 aromatic rings. The van der Waals surface area contributed by atoms with Gasteiger partial charge in [0.2, 0.25) is 12.3 Å². The van der Waals surface area contributed by atoms with Gasteiger partial charge in [-0.2, -0.15) is 0 Å².